The number of fused-ring (bicyclic) bond motifs is 2. The van der Waals surface area contributed by atoms with Crippen molar-refractivity contribution in [2.24, 2.45) is 0 Å². The number of amides is 1. The van der Waals surface area contributed by atoms with Crippen LogP contribution in [0.15, 0.2) is 66.7 Å². The van der Waals surface area contributed by atoms with Crippen LogP contribution in [0.3, 0.4) is 0 Å². The summed E-state index contributed by atoms with van der Waals surface area (Å²) < 4.78 is 5.59. The third-order valence-corrected chi connectivity index (χ3v) is 8.20. The van der Waals surface area contributed by atoms with Gasteiger partial charge in [-0.05, 0) is 41.1 Å². The molecule has 1 saturated heterocycles. The molecule has 208 valence electrons. The molecule has 1 aromatic heterocycles. The normalized spacial score (nSPS) is 16.8. The number of carbonyl (C=O) groups excluding carboxylic acids is 1. The first-order valence-electron chi connectivity index (χ1n) is 13.5. The second-order valence-corrected chi connectivity index (χ2v) is 10.9. The molecule has 6 rings (SSSR count). The highest BCUT2D eigenvalue weighted by atomic mass is 35.5. The van der Waals surface area contributed by atoms with E-state index >= 15 is 0 Å². The van der Waals surface area contributed by atoms with E-state index in [-0.39, 0.29) is 24.5 Å². The van der Waals surface area contributed by atoms with Crippen LogP contribution in [0.4, 0.5) is 16.3 Å². The van der Waals surface area contributed by atoms with Crippen LogP contribution in [0.2, 0.25) is 10.3 Å². The summed E-state index contributed by atoms with van der Waals surface area (Å²) in [5.74, 6) is 0.780. The smallest absolute Gasteiger partial charge is 0.410 e. The Morgan fingerprint density at radius 1 is 0.976 bits per heavy atom. The quantitative estimate of drug-likeness (QED) is 0.203. The summed E-state index contributed by atoms with van der Waals surface area (Å²) >= 11 is 13.1. The second-order valence-electron chi connectivity index (χ2n) is 10.2. The van der Waals surface area contributed by atoms with Gasteiger partial charge in [0.05, 0.1) is 17.3 Å². The summed E-state index contributed by atoms with van der Waals surface area (Å²) in [6.07, 6.45) is 0.324. The molecule has 1 fully saturated rings. The fourth-order valence-corrected chi connectivity index (χ4v) is 6.20. The Balaban J connectivity index is 1.22. The number of rotatable bonds is 5. The topological polar surface area (TPSA) is 66.2 Å². The molecule has 1 atom stereocenters. The van der Waals surface area contributed by atoms with Crippen LogP contribution in [0.5, 0.6) is 0 Å². The van der Waals surface area contributed by atoms with E-state index in [0.717, 1.165) is 57.1 Å². The van der Waals surface area contributed by atoms with Gasteiger partial charge in [0.15, 0.2) is 0 Å². The number of carbonyl (C=O) groups is 1. The monoisotopic (exact) mass is 586 g/mol. The minimum absolute atomic E-state index is 0.174. The van der Waals surface area contributed by atoms with Gasteiger partial charge in [0.1, 0.15) is 18.5 Å². The zero-order valence-corrected chi connectivity index (χ0v) is 23.9. The van der Waals surface area contributed by atoms with Gasteiger partial charge in [0.25, 0.3) is 0 Å². The van der Waals surface area contributed by atoms with E-state index in [0.29, 0.717) is 26.2 Å². The molecule has 10 heteroatoms. The van der Waals surface area contributed by atoms with Crippen LogP contribution in [0.1, 0.15) is 16.8 Å². The Labute approximate surface area is 248 Å². The number of benzene rings is 3. The van der Waals surface area contributed by atoms with Gasteiger partial charge in [0.2, 0.25) is 11.8 Å². The van der Waals surface area contributed by atoms with Gasteiger partial charge in [-0.1, -0.05) is 66.2 Å². The molecular formula is C31H28Cl2N6O2. The van der Waals surface area contributed by atoms with Crippen molar-refractivity contribution in [1.29, 1.82) is 0 Å². The highest BCUT2D eigenvalue weighted by Crippen LogP contribution is 2.37. The Morgan fingerprint density at radius 3 is 2.59 bits per heavy atom. The van der Waals surface area contributed by atoms with Crippen LogP contribution in [0, 0.1) is 6.57 Å². The first kappa shape index (κ1) is 27.1. The third kappa shape index (κ3) is 5.61. The Kier molecular flexibility index (Phi) is 7.82. The summed E-state index contributed by atoms with van der Waals surface area (Å²) in [6.45, 7) is 10.7. The van der Waals surface area contributed by atoms with Crippen LogP contribution in [-0.4, -0.2) is 59.7 Å². The Hall–Kier alpha value is -4.06. The average molecular weight is 588 g/mol. The van der Waals surface area contributed by atoms with Gasteiger partial charge in [-0.25, -0.2) is 21.3 Å². The second kappa shape index (κ2) is 11.8. The van der Waals surface area contributed by atoms with Gasteiger partial charge >= 0.3 is 6.09 Å². The van der Waals surface area contributed by atoms with Crippen molar-refractivity contribution >= 4 is 51.6 Å². The predicted molar refractivity (Wildman–Crippen MR) is 162 cm³/mol. The van der Waals surface area contributed by atoms with E-state index in [2.05, 4.69) is 42.8 Å². The lowest BCUT2D eigenvalue weighted by atomic mass is 10.0. The first-order valence-corrected chi connectivity index (χ1v) is 14.3. The molecule has 1 amide bonds. The fraction of sp³-hybridized carbons (Fsp3) is 0.290. The number of anilines is 2. The number of aromatic nitrogens is 2. The average Bonchev–Trinajstić information content (AvgIpc) is 2.99. The molecule has 0 aliphatic carbocycles. The van der Waals surface area contributed by atoms with E-state index in [1.165, 1.54) is 0 Å². The largest absolute Gasteiger partial charge is 0.445 e. The van der Waals surface area contributed by atoms with Crippen molar-refractivity contribution in [2.45, 2.75) is 25.6 Å². The van der Waals surface area contributed by atoms with Crippen molar-refractivity contribution < 1.29 is 9.53 Å². The molecule has 2 aliphatic rings. The van der Waals surface area contributed by atoms with Crippen LogP contribution in [0.25, 0.3) is 15.6 Å². The molecule has 0 saturated carbocycles. The molecule has 0 unspecified atom stereocenters. The molecule has 8 nitrogen and oxygen atoms in total. The number of halogens is 2. The van der Waals surface area contributed by atoms with Crippen molar-refractivity contribution in [1.82, 2.24) is 14.9 Å². The van der Waals surface area contributed by atoms with Gasteiger partial charge in [-0.15, -0.1) is 0 Å². The van der Waals surface area contributed by atoms with E-state index in [4.69, 9.17) is 34.5 Å². The van der Waals surface area contributed by atoms with E-state index in [1.54, 1.807) is 4.90 Å². The number of nitrogens with zero attached hydrogens (tertiary/aromatic N) is 6. The van der Waals surface area contributed by atoms with Gasteiger partial charge in [-0.2, -0.15) is 0 Å². The molecule has 41 heavy (non-hydrogen) atoms. The predicted octanol–water partition coefficient (Wildman–Crippen LogP) is 6.25. The molecule has 0 bridgehead atoms. The number of ether oxygens (including phenoxy) is 1. The highest BCUT2D eigenvalue weighted by Gasteiger charge is 2.36. The van der Waals surface area contributed by atoms with Crippen LogP contribution < -0.4 is 9.80 Å². The number of piperazine rings is 1. The first-order chi connectivity index (χ1) is 20.0. The van der Waals surface area contributed by atoms with Gasteiger partial charge < -0.3 is 19.4 Å². The summed E-state index contributed by atoms with van der Waals surface area (Å²) in [5, 5.41) is 3.02. The van der Waals surface area contributed by atoms with Crippen molar-refractivity contribution in [3.8, 4) is 0 Å². The van der Waals surface area contributed by atoms with E-state index in [9.17, 15) is 4.79 Å². The SMILES string of the molecule is [C-]#[N+]C[C@H]1CN(c2nc(Cl)nc3c2CCN(c2cccc4cccc(Cl)c24)C3)CCN1C(=O)OCc1ccccc1. The molecule has 0 N–H and O–H groups in total. The Morgan fingerprint density at radius 2 is 1.78 bits per heavy atom. The van der Waals surface area contributed by atoms with Crippen LogP contribution >= 0.6 is 23.2 Å². The maximum absolute atomic E-state index is 13.0. The zero-order valence-electron chi connectivity index (χ0n) is 22.3. The molecular weight excluding hydrogens is 559 g/mol. The van der Waals surface area contributed by atoms with Crippen molar-refractivity contribution in [2.75, 3.05) is 42.5 Å². The summed E-state index contributed by atoms with van der Waals surface area (Å²) in [5.41, 5.74) is 3.92. The lowest BCUT2D eigenvalue weighted by Gasteiger charge is -2.40. The minimum atomic E-state index is -0.408. The number of hydrogen-bond acceptors (Lipinski definition) is 6. The minimum Gasteiger partial charge on any atom is -0.445 e. The lowest BCUT2D eigenvalue weighted by molar-refractivity contribution is 0.0788. The molecule has 0 radical (unpaired) electrons. The van der Waals surface area contributed by atoms with Gasteiger partial charge in [-0.3, -0.25) is 4.90 Å². The standard InChI is InChI=1S/C31H28Cl2N6O2/c1-34-17-23-18-38(15-16-39(23)31(40)41-20-21-7-3-2-4-8-21)29-24-13-14-37(19-26(24)35-30(33)36-29)27-12-6-10-22-9-5-11-25(32)28(22)27/h2-12,23H,13-20H2/t23-/m0/s1. The molecule has 2 aliphatic heterocycles. The fourth-order valence-electron chi connectivity index (χ4n) is 5.74. The van der Waals surface area contributed by atoms with Gasteiger partial charge in [0, 0.05) is 42.8 Å². The third-order valence-electron chi connectivity index (χ3n) is 7.71. The maximum Gasteiger partial charge on any atom is 0.410 e. The summed E-state index contributed by atoms with van der Waals surface area (Å²) in [6, 6.07) is 21.4. The zero-order chi connectivity index (χ0) is 28.3. The lowest BCUT2D eigenvalue weighted by Crippen LogP contribution is -2.57. The summed E-state index contributed by atoms with van der Waals surface area (Å²) in [4.78, 5) is 32.0. The highest BCUT2D eigenvalue weighted by molar-refractivity contribution is 6.36. The number of hydrogen-bond donors (Lipinski definition) is 0. The molecule has 0 spiro atoms. The van der Waals surface area contributed by atoms with Crippen LogP contribution in [-0.2, 0) is 24.3 Å². The van der Waals surface area contributed by atoms with E-state index < -0.39 is 6.09 Å². The molecule has 3 heterocycles. The molecule has 4 aromatic rings. The van der Waals surface area contributed by atoms with E-state index in [1.807, 2.05) is 48.5 Å². The summed E-state index contributed by atoms with van der Waals surface area (Å²) in [7, 11) is 0. The van der Waals surface area contributed by atoms with Crippen molar-refractivity contribution in [3.63, 3.8) is 0 Å². The van der Waals surface area contributed by atoms with Crippen molar-refractivity contribution in [3.05, 3.63) is 105 Å². The Bertz CT molecular complexity index is 1620. The molecule has 3 aromatic carbocycles. The maximum atomic E-state index is 13.0.